The summed E-state index contributed by atoms with van der Waals surface area (Å²) in [7, 11) is -1.09. The molecule has 0 saturated heterocycles. The first-order chi connectivity index (χ1) is 7.28. The third-order valence-corrected chi connectivity index (χ3v) is 11.9. The molecule has 0 unspecified atom stereocenters. The minimum absolute atomic E-state index is 0.543. The van der Waals surface area contributed by atoms with Crippen molar-refractivity contribution in [2.75, 3.05) is 0 Å². The van der Waals surface area contributed by atoms with Crippen LogP contribution in [0.25, 0.3) is 0 Å². The van der Waals surface area contributed by atoms with E-state index in [1.165, 1.54) is 49.9 Å². The van der Waals surface area contributed by atoms with E-state index < -0.39 is 17.9 Å². The molecule has 0 bridgehead atoms. The van der Waals surface area contributed by atoms with E-state index in [9.17, 15) is 0 Å². The fraction of sp³-hybridized carbons (Fsp3) is 1.00. The highest BCUT2D eigenvalue weighted by molar-refractivity contribution is 6.73. The largest absolute Gasteiger partial charge is 0.364 e. The van der Waals surface area contributed by atoms with Crippen LogP contribution in [0.5, 0.6) is 0 Å². The van der Waals surface area contributed by atoms with Crippen molar-refractivity contribution < 1.29 is 0 Å². The molecule has 1 N–H and O–H groups in total. The van der Waals surface area contributed by atoms with Crippen LogP contribution in [0.3, 0.4) is 0 Å². The van der Waals surface area contributed by atoms with Crippen LogP contribution < -0.4 is 4.65 Å². The number of hydrogen-bond donors (Lipinski definition) is 1. The lowest BCUT2D eigenvalue weighted by Crippen LogP contribution is -2.44. The van der Waals surface area contributed by atoms with Crippen LogP contribution in [-0.4, -0.2) is 17.9 Å². The summed E-state index contributed by atoms with van der Waals surface area (Å²) in [5.41, 5.74) is 0. The predicted octanol–water partition coefficient (Wildman–Crippen LogP) is 3.66. The summed E-state index contributed by atoms with van der Waals surface area (Å²) in [5, 5.41) is 0. The second kappa shape index (κ2) is 10.9. The molecule has 0 aliphatic rings. The Bertz CT molecular complexity index is 105. The first-order valence-electron chi connectivity index (χ1n) is 7.04. The summed E-state index contributed by atoms with van der Waals surface area (Å²) in [6.45, 7) is 9.36. The summed E-state index contributed by atoms with van der Waals surface area (Å²) in [4.78, 5) is 0. The van der Waals surface area contributed by atoms with E-state index in [0.717, 1.165) is 0 Å². The summed E-state index contributed by atoms with van der Waals surface area (Å²) in [5.74, 6) is 0. The highest BCUT2D eigenvalue weighted by atomic mass is 28.3. The Kier molecular flexibility index (Phi) is 11.2. The first-order valence-corrected chi connectivity index (χ1v) is 11.5. The molecule has 0 radical (unpaired) electrons. The monoisotopic (exact) mass is 245 g/mol. The van der Waals surface area contributed by atoms with Crippen LogP contribution in [0.15, 0.2) is 0 Å². The van der Waals surface area contributed by atoms with Gasteiger partial charge in [0.15, 0.2) is 0 Å². The standard InChI is InChI=1S/C12H31NSi2/c1-5-9-14(10-6-2)13-15(11-7-3)12-8-4/h13-15H,5-12H2,1-4H3. The van der Waals surface area contributed by atoms with E-state index in [-0.39, 0.29) is 0 Å². The fourth-order valence-electron chi connectivity index (χ4n) is 2.35. The maximum Gasteiger partial charge on any atom is 0.102 e. The van der Waals surface area contributed by atoms with Gasteiger partial charge in [-0.2, -0.15) is 0 Å². The van der Waals surface area contributed by atoms with Gasteiger partial charge in [-0.05, 0) is 24.2 Å². The summed E-state index contributed by atoms with van der Waals surface area (Å²) in [6, 6.07) is 6.07. The lowest BCUT2D eigenvalue weighted by atomic mass is 10.6. The molecule has 0 aromatic rings. The van der Waals surface area contributed by atoms with Crippen molar-refractivity contribution in [1.82, 2.24) is 4.65 Å². The molecule has 0 aliphatic heterocycles. The van der Waals surface area contributed by atoms with Crippen molar-refractivity contribution >= 4 is 17.9 Å². The van der Waals surface area contributed by atoms with Crippen LogP contribution in [0.4, 0.5) is 0 Å². The Balaban J connectivity index is 3.93. The van der Waals surface area contributed by atoms with Crippen LogP contribution in [0, 0.1) is 0 Å². The van der Waals surface area contributed by atoms with Gasteiger partial charge in [0.1, 0.15) is 17.9 Å². The van der Waals surface area contributed by atoms with Crippen LogP contribution in [0.1, 0.15) is 53.4 Å². The Labute approximate surface area is 100 Å². The Morgan fingerprint density at radius 3 is 1.07 bits per heavy atom. The van der Waals surface area contributed by atoms with E-state index in [1.54, 1.807) is 0 Å². The number of hydrogen-bond acceptors (Lipinski definition) is 1. The first kappa shape index (κ1) is 15.4. The van der Waals surface area contributed by atoms with Gasteiger partial charge in [-0.25, -0.2) is 0 Å². The van der Waals surface area contributed by atoms with Crippen molar-refractivity contribution in [2.45, 2.75) is 77.6 Å². The number of nitrogens with one attached hydrogen (secondary N) is 1. The molecule has 92 valence electrons. The van der Waals surface area contributed by atoms with E-state index in [4.69, 9.17) is 0 Å². The summed E-state index contributed by atoms with van der Waals surface area (Å²) < 4.78 is 4.14. The average Bonchev–Trinajstić information content (AvgIpc) is 2.19. The van der Waals surface area contributed by atoms with Gasteiger partial charge in [-0.1, -0.05) is 53.4 Å². The zero-order chi connectivity index (χ0) is 11.5. The van der Waals surface area contributed by atoms with E-state index in [1.807, 2.05) is 0 Å². The maximum absolute atomic E-state index is 4.14. The van der Waals surface area contributed by atoms with Crippen molar-refractivity contribution in [3.8, 4) is 0 Å². The van der Waals surface area contributed by atoms with Crippen molar-refractivity contribution in [1.29, 1.82) is 0 Å². The van der Waals surface area contributed by atoms with E-state index >= 15 is 0 Å². The van der Waals surface area contributed by atoms with Gasteiger partial charge in [-0.3, -0.25) is 0 Å². The lowest BCUT2D eigenvalue weighted by Gasteiger charge is -2.23. The normalized spacial score (nSPS) is 11.6. The van der Waals surface area contributed by atoms with Gasteiger partial charge < -0.3 is 4.65 Å². The highest BCUT2D eigenvalue weighted by Gasteiger charge is 2.15. The Hall–Kier alpha value is 0.394. The van der Waals surface area contributed by atoms with Crippen molar-refractivity contribution in [2.24, 2.45) is 0 Å². The van der Waals surface area contributed by atoms with Crippen LogP contribution in [0.2, 0.25) is 24.2 Å². The average molecular weight is 246 g/mol. The summed E-state index contributed by atoms with van der Waals surface area (Å²) >= 11 is 0. The highest BCUT2D eigenvalue weighted by Crippen LogP contribution is 2.08. The van der Waals surface area contributed by atoms with E-state index in [2.05, 4.69) is 32.3 Å². The van der Waals surface area contributed by atoms with Gasteiger partial charge in [0.05, 0.1) is 0 Å². The molecular formula is C12H31NSi2. The molecule has 0 spiro atoms. The van der Waals surface area contributed by atoms with Gasteiger partial charge in [0.2, 0.25) is 0 Å². The van der Waals surface area contributed by atoms with Gasteiger partial charge in [0.25, 0.3) is 0 Å². The minimum atomic E-state index is -0.543. The van der Waals surface area contributed by atoms with Gasteiger partial charge in [-0.15, -0.1) is 0 Å². The third-order valence-electron chi connectivity index (χ3n) is 3.02. The zero-order valence-corrected chi connectivity index (χ0v) is 13.6. The van der Waals surface area contributed by atoms with Crippen molar-refractivity contribution in [3.05, 3.63) is 0 Å². The second-order valence-corrected chi connectivity index (χ2v) is 11.1. The SMILES string of the molecule is CCC[SiH](CCC)N[SiH](CCC)CCC. The molecule has 0 heterocycles. The third kappa shape index (κ3) is 8.23. The quantitative estimate of drug-likeness (QED) is 0.579. The molecule has 0 saturated carbocycles. The molecule has 3 heteroatoms. The zero-order valence-electron chi connectivity index (χ0n) is 11.3. The topological polar surface area (TPSA) is 12.0 Å². The predicted molar refractivity (Wildman–Crippen MR) is 77.8 cm³/mol. The summed E-state index contributed by atoms with van der Waals surface area (Å²) in [6.07, 6.45) is 5.57. The van der Waals surface area contributed by atoms with Gasteiger partial charge >= 0.3 is 0 Å². The molecule has 0 amide bonds. The van der Waals surface area contributed by atoms with E-state index in [0.29, 0.717) is 0 Å². The molecule has 1 nitrogen and oxygen atoms in total. The van der Waals surface area contributed by atoms with Crippen molar-refractivity contribution in [3.63, 3.8) is 0 Å². The molecule has 0 atom stereocenters. The lowest BCUT2D eigenvalue weighted by molar-refractivity contribution is 0.955. The molecule has 0 aliphatic carbocycles. The number of rotatable bonds is 10. The fourth-order valence-corrected chi connectivity index (χ4v) is 11.0. The van der Waals surface area contributed by atoms with Gasteiger partial charge in [0, 0.05) is 0 Å². The molecule has 15 heavy (non-hydrogen) atoms. The molecule has 0 fully saturated rings. The maximum atomic E-state index is 4.14. The van der Waals surface area contributed by atoms with Crippen LogP contribution >= 0.6 is 0 Å². The molecule has 0 rings (SSSR count). The molecule has 0 aromatic heterocycles. The second-order valence-electron chi connectivity index (χ2n) is 4.72. The Morgan fingerprint density at radius 1 is 0.600 bits per heavy atom. The smallest absolute Gasteiger partial charge is 0.102 e. The van der Waals surface area contributed by atoms with Crippen LogP contribution in [-0.2, 0) is 0 Å². The molecular weight excluding hydrogens is 214 g/mol. The molecule has 0 aromatic carbocycles. The minimum Gasteiger partial charge on any atom is -0.364 e. The Morgan fingerprint density at radius 2 is 0.867 bits per heavy atom.